The van der Waals surface area contributed by atoms with Crippen LogP contribution < -0.4 is 5.32 Å². The van der Waals surface area contributed by atoms with Crippen molar-refractivity contribution in [2.75, 3.05) is 26.7 Å². The molecule has 0 spiro atoms. The van der Waals surface area contributed by atoms with E-state index in [0.717, 1.165) is 13.0 Å². The number of nitrogens with zero attached hydrogens (tertiary/aromatic N) is 1. The summed E-state index contributed by atoms with van der Waals surface area (Å²) < 4.78 is 32.3. The third-order valence-corrected chi connectivity index (χ3v) is 5.95. The minimum Gasteiger partial charge on any atom is -0.462 e. The van der Waals surface area contributed by atoms with Gasteiger partial charge in [0.05, 0.1) is 17.1 Å². The first-order valence-corrected chi connectivity index (χ1v) is 9.26. The molecule has 0 radical (unpaired) electrons. The first kappa shape index (κ1) is 17.4. The van der Waals surface area contributed by atoms with Crippen LogP contribution in [0.1, 0.15) is 23.7 Å². The molecule has 1 aliphatic heterocycles. The quantitative estimate of drug-likeness (QED) is 0.772. The standard InChI is InChI=1S/C14H19BrN2O4S/c1-3-21-14(18)10-6-11(15)8-13(7-10)22(19,20)17(2)12-4-5-16-9-12/h6-8,12,16H,3-5,9H2,1-2H3. The summed E-state index contributed by atoms with van der Waals surface area (Å²) in [5.74, 6) is -0.537. The largest absolute Gasteiger partial charge is 0.462 e. The fourth-order valence-corrected chi connectivity index (χ4v) is 4.46. The highest BCUT2D eigenvalue weighted by molar-refractivity contribution is 9.10. The second-order valence-electron chi connectivity index (χ2n) is 5.06. The molecule has 1 aliphatic rings. The highest BCUT2D eigenvalue weighted by Crippen LogP contribution is 2.24. The molecule has 1 saturated heterocycles. The van der Waals surface area contributed by atoms with Crippen LogP contribution in [0.2, 0.25) is 0 Å². The Morgan fingerprint density at radius 2 is 2.18 bits per heavy atom. The predicted octanol–water partition coefficient (Wildman–Crippen LogP) is 1.61. The molecule has 0 aliphatic carbocycles. The molecular weight excluding hydrogens is 372 g/mol. The van der Waals surface area contributed by atoms with Crippen LogP contribution in [0.25, 0.3) is 0 Å². The van der Waals surface area contributed by atoms with Crippen LogP contribution in [-0.2, 0) is 14.8 Å². The zero-order valence-corrected chi connectivity index (χ0v) is 14.9. The molecule has 0 amide bonds. The van der Waals surface area contributed by atoms with Gasteiger partial charge in [0.2, 0.25) is 10.0 Å². The van der Waals surface area contributed by atoms with E-state index in [1.165, 1.54) is 16.4 Å². The van der Waals surface area contributed by atoms with E-state index < -0.39 is 16.0 Å². The van der Waals surface area contributed by atoms with Gasteiger partial charge in [0, 0.05) is 24.1 Å². The van der Waals surface area contributed by atoms with Crippen molar-refractivity contribution in [3.63, 3.8) is 0 Å². The second kappa shape index (κ2) is 7.08. The molecule has 2 rings (SSSR count). The summed E-state index contributed by atoms with van der Waals surface area (Å²) in [5.41, 5.74) is 0.216. The maximum Gasteiger partial charge on any atom is 0.338 e. The van der Waals surface area contributed by atoms with Crippen molar-refractivity contribution in [3.8, 4) is 0 Å². The molecule has 1 heterocycles. The summed E-state index contributed by atoms with van der Waals surface area (Å²) in [4.78, 5) is 11.9. The van der Waals surface area contributed by atoms with Crippen molar-refractivity contribution in [2.45, 2.75) is 24.3 Å². The van der Waals surface area contributed by atoms with Gasteiger partial charge in [0.15, 0.2) is 0 Å². The maximum atomic E-state index is 12.7. The van der Waals surface area contributed by atoms with Gasteiger partial charge in [0.1, 0.15) is 0 Å². The Balaban J connectivity index is 2.36. The van der Waals surface area contributed by atoms with Gasteiger partial charge in [-0.15, -0.1) is 0 Å². The fraction of sp³-hybridized carbons (Fsp3) is 0.500. The third-order valence-electron chi connectivity index (χ3n) is 3.61. The molecule has 1 aromatic carbocycles. The molecule has 6 nitrogen and oxygen atoms in total. The first-order valence-electron chi connectivity index (χ1n) is 7.02. The molecule has 1 aromatic rings. The Morgan fingerprint density at radius 1 is 1.45 bits per heavy atom. The maximum absolute atomic E-state index is 12.7. The van der Waals surface area contributed by atoms with Gasteiger partial charge in [-0.3, -0.25) is 0 Å². The van der Waals surface area contributed by atoms with Crippen LogP contribution in [0.15, 0.2) is 27.6 Å². The zero-order chi connectivity index (χ0) is 16.3. The SMILES string of the molecule is CCOC(=O)c1cc(Br)cc(S(=O)(=O)N(C)C2CCNC2)c1. The van der Waals surface area contributed by atoms with E-state index in [1.807, 2.05) is 0 Å². The van der Waals surface area contributed by atoms with E-state index in [-0.39, 0.29) is 23.1 Å². The van der Waals surface area contributed by atoms with Crippen LogP contribution in [0.3, 0.4) is 0 Å². The topological polar surface area (TPSA) is 75.7 Å². The number of carbonyl (C=O) groups excluding carboxylic acids is 1. The first-order chi connectivity index (χ1) is 10.4. The van der Waals surface area contributed by atoms with Gasteiger partial charge in [-0.1, -0.05) is 15.9 Å². The van der Waals surface area contributed by atoms with Gasteiger partial charge in [-0.05, 0) is 38.1 Å². The van der Waals surface area contributed by atoms with Gasteiger partial charge in [0.25, 0.3) is 0 Å². The number of hydrogen-bond acceptors (Lipinski definition) is 5. The van der Waals surface area contributed by atoms with Gasteiger partial charge in [-0.2, -0.15) is 4.31 Å². The van der Waals surface area contributed by atoms with Crippen LogP contribution >= 0.6 is 15.9 Å². The molecule has 122 valence electrons. The van der Waals surface area contributed by atoms with Crippen LogP contribution in [-0.4, -0.2) is 51.5 Å². The predicted molar refractivity (Wildman–Crippen MR) is 86.3 cm³/mol. The van der Waals surface area contributed by atoms with Gasteiger partial charge in [-0.25, -0.2) is 13.2 Å². The van der Waals surface area contributed by atoms with Crippen molar-refractivity contribution < 1.29 is 17.9 Å². The van der Waals surface area contributed by atoms with Crippen LogP contribution in [0, 0.1) is 0 Å². The molecule has 1 atom stereocenters. The lowest BCUT2D eigenvalue weighted by molar-refractivity contribution is 0.0526. The summed E-state index contributed by atoms with van der Waals surface area (Å²) in [6.45, 7) is 3.38. The average Bonchev–Trinajstić information content (AvgIpc) is 3.00. The van der Waals surface area contributed by atoms with E-state index >= 15 is 0 Å². The summed E-state index contributed by atoms with van der Waals surface area (Å²) in [7, 11) is -2.09. The normalized spacial score (nSPS) is 18.6. The highest BCUT2D eigenvalue weighted by Gasteiger charge is 2.30. The molecular formula is C14H19BrN2O4S. The third kappa shape index (κ3) is 3.68. The molecule has 0 saturated carbocycles. The van der Waals surface area contributed by atoms with E-state index in [0.29, 0.717) is 11.0 Å². The number of likely N-dealkylation sites (N-methyl/N-ethyl adjacent to an activating group) is 1. The lowest BCUT2D eigenvalue weighted by Crippen LogP contribution is -2.38. The monoisotopic (exact) mass is 390 g/mol. The Kier molecular flexibility index (Phi) is 5.60. The van der Waals surface area contributed by atoms with E-state index in [2.05, 4.69) is 21.2 Å². The van der Waals surface area contributed by atoms with Crippen molar-refractivity contribution in [3.05, 3.63) is 28.2 Å². The Hall–Kier alpha value is -0.960. The number of benzene rings is 1. The van der Waals surface area contributed by atoms with E-state index in [1.54, 1.807) is 20.0 Å². The molecule has 1 unspecified atom stereocenters. The van der Waals surface area contributed by atoms with Gasteiger partial charge >= 0.3 is 5.97 Å². The van der Waals surface area contributed by atoms with Crippen LogP contribution in [0.4, 0.5) is 0 Å². The summed E-state index contributed by atoms with van der Waals surface area (Å²) in [5, 5.41) is 3.15. The number of rotatable bonds is 5. The lowest BCUT2D eigenvalue weighted by atomic mass is 10.2. The number of ether oxygens (including phenoxy) is 1. The fourth-order valence-electron chi connectivity index (χ4n) is 2.36. The minimum absolute atomic E-state index is 0.0741. The van der Waals surface area contributed by atoms with Gasteiger partial charge < -0.3 is 10.1 Å². The summed E-state index contributed by atoms with van der Waals surface area (Å²) in [6.07, 6.45) is 0.772. The molecule has 0 aromatic heterocycles. The van der Waals surface area contributed by atoms with E-state index in [4.69, 9.17) is 4.74 Å². The number of carbonyl (C=O) groups is 1. The van der Waals surface area contributed by atoms with E-state index in [9.17, 15) is 13.2 Å². The second-order valence-corrected chi connectivity index (χ2v) is 7.98. The average molecular weight is 391 g/mol. The van der Waals surface area contributed by atoms with Crippen molar-refractivity contribution in [2.24, 2.45) is 0 Å². The molecule has 22 heavy (non-hydrogen) atoms. The van der Waals surface area contributed by atoms with Crippen molar-refractivity contribution in [1.29, 1.82) is 0 Å². The van der Waals surface area contributed by atoms with Crippen molar-refractivity contribution in [1.82, 2.24) is 9.62 Å². The number of sulfonamides is 1. The molecule has 0 bridgehead atoms. The molecule has 8 heteroatoms. The molecule has 1 N–H and O–H groups in total. The Labute approximate surface area is 139 Å². The number of halogens is 1. The molecule has 1 fully saturated rings. The number of nitrogens with one attached hydrogen (secondary N) is 1. The van der Waals surface area contributed by atoms with Crippen molar-refractivity contribution >= 4 is 31.9 Å². The zero-order valence-electron chi connectivity index (χ0n) is 12.5. The smallest absolute Gasteiger partial charge is 0.338 e. The Morgan fingerprint density at radius 3 is 2.77 bits per heavy atom. The minimum atomic E-state index is -3.66. The Bertz CT molecular complexity index is 657. The summed E-state index contributed by atoms with van der Waals surface area (Å²) >= 11 is 3.25. The number of esters is 1. The van der Waals surface area contributed by atoms with Crippen LogP contribution in [0.5, 0.6) is 0 Å². The number of hydrogen-bond donors (Lipinski definition) is 1. The summed E-state index contributed by atoms with van der Waals surface area (Å²) in [6, 6.07) is 4.33. The highest BCUT2D eigenvalue weighted by atomic mass is 79.9. The lowest BCUT2D eigenvalue weighted by Gasteiger charge is -2.23.